The van der Waals surface area contributed by atoms with E-state index in [4.69, 9.17) is 37.9 Å². The van der Waals surface area contributed by atoms with Crippen molar-refractivity contribution in [3.05, 3.63) is 0 Å². The summed E-state index contributed by atoms with van der Waals surface area (Å²) < 4.78 is 46.2. The van der Waals surface area contributed by atoms with Crippen LogP contribution in [-0.4, -0.2) is 97.4 Å². The number of rotatable bonds is 5. The molecule has 0 amide bonds. The molecule has 0 saturated carbocycles. The van der Waals surface area contributed by atoms with Gasteiger partial charge < -0.3 is 48.1 Å². The Balaban J connectivity index is 1.41. The van der Waals surface area contributed by atoms with Crippen LogP contribution in [0.25, 0.3) is 0 Å². The number of fused-ring (bicyclic) bond motifs is 2. The molecule has 0 unspecified atom stereocenters. The summed E-state index contributed by atoms with van der Waals surface area (Å²) in [6.07, 6.45) is -5.61. The number of ether oxygens (including phenoxy) is 8. The zero-order valence-electron chi connectivity index (χ0n) is 18.3. The van der Waals surface area contributed by atoms with Crippen molar-refractivity contribution < 1.29 is 48.1 Å². The minimum atomic E-state index is -0.903. The maximum absolute atomic E-state index is 10.8. The maximum atomic E-state index is 10.8. The van der Waals surface area contributed by atoms with E-state index in [0.717, 1.165) is 0 Å². The van der Waals surface area contributed by atoms with Crippen molar-refractivity contribution in [1.29, 1.82) is 0 Å². The molecule has 4 aliphatic heterocycles. The Bertz CT molecular complexity index is 560. The first-order valence-electron chi connectivity index (χ1n) is 10.5. The van der Waals surface area contributed by atoms with Crippen molar-refractivity contribution in [2.75, 3.05) is 14.2 Å². The number of methoxy groups -OCH3 is 2. The second-order valence-corrected chi connectivity index (χ2v) is 9.25. The van der Waals surface area contributed by atoms with Crippen LogP contribution in [0.15, 0.2) is 0 Å². The minimum absolute atomic E-state index is 0.411. The van der Waals surface area contributed by atoms with Crippen LogP contribution in [0, 0.1) is 0 Å². The average molecular weight is 434 g/mol. The Morgan fingerprint density at radius 3 is 1.30 bits per heavy atom. The second-order valence-electron chi connectivity index (χ2n) is 9.25. The fourth-order valence-electron chi connectivity index (χ4n) is 4.85. The van der Waals surface area contributed by atoms with Crippen molar-refractivity contribution in [2.45, 2.75) is 114 Å². The Morgan fingerprint density at radius 2 is 0.967 bits per heavy atom. The highest BCUT2D eigenvalue weighted by Gasteiger charge is 2.57. The maximum Gasteiger partial charge on any atom is 0.186 e. The van der Waals surface area contributed by atoms with Crippen LogP contribution < -0.4 is 0 Å². The van der Waals surface area contributed by atoms with Gasteiger partial charge in [0.25, 0.3) is 0 Å². The third-order valence-electron chi connectivity index (χ3n) is 6.12. The summed E-state index contributed by atoms with van der Waals surface area (Å²) in [5, 5.41) is 21.7. The standard InChI is InChI=1S/C20H34O10/c1-19(2)27-13-11(21)9(25-17(23-5)15(13)29-19)7-8-10-12(22)14-16(18(24-6)26-10)30-20(3,4)28-14/h9-18,21-22H,7-8H2,1-6H3/t9-,10-,11-,12-,13+,14+,15+,16+,17+,18+/m1/s1. The zero-order valence-corrected chi connectivity index (χ0v) is 18.3. The molecule has 10 atom stereocenters. The van der Waals surface area contributed by atoms with E-state index in [0.29, 0.717) is 12.8 Å². The molecule has 174 valence electrons. The molecule has 0 aromatic rings. The molecule has 0 aromatic carbocycles. The lowest BCUT2D eigenvalue weighted by Crippen LogP contribution is -2.58. The molecule has 4 rings (SSSR count). The summed E-state index contributed by atoms with van der Waals surface area (Å²) in [6.45, 7) is 7.16. The molecule has 2 N–H and O–H groups in total. The zero-order chi connectivity index (χ0) is 21.8. The van der Waals surface area contributed by atoms with Crippen LogP contribution in [0.3, 0.4) is 0 Å². The van der Waals surface area contributed by atoms with E-state index in [-0.39, 0.29) is 0 Å². The molecule has 0 aliphatic carbocycles. The molecule has 10 nitrogen and oxygen atoms in total. The first kappa shape index (κ1) is 22.8. The molecule has 0 bridgehead atoms. The van der Waals surface area contributed by atoms with E-state index in [2.05, 4.69) is 0 Å². The van der Waals surface area contributed by atoms with Crippen molar-refractivity contribution in [2.24, 2.45) is 0 Å². The molecule has 4 aliphatic rings. The fourth-order valence-corrected chi connectivity index (χ4v) is 4.85. The van der Waals surface area contributed by atoms with Crippen LogP contribution in [0.5, 0.6) is 0 Å². The molecular weight excluding hydrogens is 400 g/mol. The number of aliphatic hydroxyl groups is 2. The smallest absolute Gasteiger partial charge is 0.186 e. The minimum Gasteiger partial charge on any atom is -0.388 e. The van der Waals surface area contributed by atoms with Crippen molar-refractivity contribution in [3.8, 4) is 0 Å². The Kier molecular flexibility index (Phi) is 6.21. The van der Waals surface area contributed by atoms with Gasteiger partial charge in [0.2, 0.25) is 0 Å². The van der Waals surface area contributed by atoms with E-state index in [9.17, 15) is 10.2 Å². The number of hydrogen-bond acceptors (Lipinski definition) is 10. The van der Waals surface area contributed by atoms with Crippen molar-refractivity contribution in [1.82, 2.24) is 0 Å². The van der Waals surface area contributed by atoms with E-state index < -0.39 is 73.0 Å². The summed E-state index contributed by atoms with van der Waals surface area (Å²) in [5.41, 5.74) is 0. The highest BCUT2D eigenvalue weighted by Crippen LogP contribution is 2.41. The van der Waals surface area contributed by atoms with E-state index in [1.54, 1.807) is 27.7 Å². The lowest BCUT2D eigenvalue weighted by molar-refractivity contribution is -0.280. The van der Waals surface area contributed by atoms with Gasteiger partial charge >= 0.3 is 0 Å². The van der Waals surface area contributed by atoms with Gasteiger partial charge in [-0.1, -0.05) is 0 Å². The van der Waals surface area contributed by atoms with Gasteiger partial charge in [-0.2, -0.15) is 0 Å². The third-order valence-corrected chi connectivity index (χ3v) is 6.12. The van der Waals surface area contributed by atoms with Gasteiger partial charge in [0, 0.05) is 14.2 Å². The molecule has 4 heterocycles. The van der Waals surface area contributed by atoms with Gasteiger partial charge in [-0.05, 0) is 40.5 Å². The lowest BCUT2D eigenvalue weighted by Gasteiger charge is -2.42. The number of aliphatic hydroxyl groups excluding tert-OH is 2. The van der Waals surface area contributed by atoms with Crippen LogP contribution >= 0.6 is 0 Å². The lowest BCUT2D eigenvalue weighted by atomic mass is 9.91. The fraction of sp³-hybridized carbons (Fsp3) is 1.00. The molecular formula is C20H34O10. The summed E-state index contributed by atoms with van der Waals surface area (Å²) in [6, 6.07) is 0. The average Bonchev–Trinajstić information content (AvgIpc) is 3.18. The van der Waals surface area contributed by atoms with Gasteiger partial charge in [-0.25, -0.2) is 0 Å². The van der Waals surface area contributed by atoms with Crippen molar-refractivity contribution in [3.63, 3.8) is 0 Å². The topological polar surface area (TPSA) is 114 Å². The largest absolute Gasteiger partial charge is 0.388 e. The van der Waals surface area contributed by atoms with E-state index >= 15 is 0 Å². The first-order valence-corrected chi connectivity index (χ1v) is 10.5. The monoisotopic (exact) mass is 434 g/mol. The summed E-state index contributed by atoms with van der Waals surface area (Å²) in [4.78, 5) is 0. The quantitative estimate of drug-likeness (QED) is 0.625. The molecule has 0 radical (unpaired) electrons. The second kappa shape index (κ2) is 8.18. The Labute approximate surface area is 176 Å². The Hall–Kier alpha value is -0.400. The predicted molar refractivity (Wildman–Crippen MR) is 100 cm³/mol. The van der Waals surface area contributed by atoms with Crippen molar-refractivity contribution >= 4 is 0 Å². The van der Waals surface area contributed by atoms with Gasteiger partial charge in [0.15, 0.2) is 24.2 Å². The highest BCUT2D eigenvalue weighted by atomic mass is 16.8. The normalized spacial score (nSPS) is 49.6. The van der Waals surface area contributed by atoms with Crippen LogP contribution in [0.1, 0.15) is 40.5 Å². The van der Waals surface area contributed by atoms with Crippen LogP contribution in [-0.2, 0) is 37.9 Å². The molecule has 4 saturated heterocycles. The van der Waals surface area contributed by atoms with Gasteiger partial charge in [-0.15, -0.1) is 0 Å². The molecule has 0 aromatic heterocycles. The van der Waals surface area contributed by atoms with Crippen LogP contribution in [0.2, 0.25) is 0 Å². The van der Waals surface area contributed by atoms with Crippen LogP contribution in [0.4, 0.5) is 0 Å². The summed E-state index contributed by atoms with van der Waals surface area (Å²) in [5.74, 6) is -1.66. The van der Waals surface area contributed by atoms with E-state index in [1.807, 2.05) is 0 Å². The first-order chi connectivity index (χ1) is 14.0. The van der Waals surface area contributed by atoms with Gasteiger partial charge in [-0.3, -0.25) is 0 Å². The summed E-state index contributed by atoms with van der Waals surface area (Å²) in [7, 11) is 3.06. The van der Waals surface area contributed by atoms with E-state index in [1.165, 1.54) is 14.2 Å². The Morgan fingerprint density at radius 1 is 0.633 bits per heavy atom. The number of hydrogen-bond donors (Lipinski definition) is 2. The SMILES string of the molecule is CO[C@H]1O[C@H](CC[C@H]2O[C@H](OC)[C@H]3OC(C)(C)O[C@H]3[C@@H]2O)[C@@H](O)[C@@H]2OC(C)(C)O[C@H]12. The molecule has 10 heteroatoms. The summed E-state index contributed by atoms with van der Waals surface area (Å²) >= 11 is 0. The van der Waals surface area contributed by atoms with Gasteiger partial charge in [0.05, 0.1) is 12.2 Å². The molecule has 4 fully saturated rings. The predicted octanol–water partition coefficient (Wildman–Crippen LogP) is 0.271. The molecule has 30 heavy (non-hydrogen) atoms. The van der Waals surface area contributed by atoms with Gasteiger partial charge in [0.1, 0.15) is 36.6 Å². The highest BCUT2D eigenvalue weighted by molar-refractivity contribution is 4.99. The molecule has 0 spiro atoms. The third kappa shape index (κ3) is 4.15.